The lowest BCUT2D eigenvalue weighted by Crippen LogP contribution is -2.07. The third-order valence-corrected chi connectivity index (χ3v) is 2.59. The predicted molar refractivity (Wildman–Crippen MR) is 53.5 cm³/mol. The zero-order valence-corrected chi connectivity index (χ0v) is 8.10. The molecule has 0 spiro atoms. The zero-order valence-electron chi connectivity index (χ0n) is 7.29. The molecule has 0 aliphatic rings. The highest BCUT2D eigenvalue weighted by atomic mass is 32.2. The first-order chi connectivity index (χ1) is 5.93. The van der Waals surface area contributed by atoms with Gasteiger partial charge in [0.2, 0.25) is 0 Å². The number of hydrogen-bond donors (Lipinski definition) is 1. The van der Waals surface area contributed by atoms with Gasteiger partial charge in [-0.1, -0.05) is 0 Å². The van der Waals surface area contributed by atoms with Gasteiger partial charge in [-0.3, -0.25) is 4.98 Å². The second-order valence-corrected chi connectivity index (χ2v) is 3.66. The van der Waals surface area contributed by atoms with Gasteiger partial charge in [0.1, 0.15) is 0 Å². The van der Waals surface area contributed by atoms with Crippen LogP contribution in [0.2, 0.25) is 0 Å². The van der Waals surface area contributed by atoms with Crippen LogP contribution in [0.25, 0.3) is 0 Å². The van der Waals surface area contributed by atoms with Crippen molar-refractivity contribution in [3.8, 4) is 0 Å². The number of rotatable bonds is 5. The van der Waals surface area contributed by atoms with E-state index in [1.54, 1.807) is 0 Å². The predicted octanol–water partition coefficient (Wildman–Crippen LogP) is 1.78. The Morgan fingerprint density at radius 3 is 2.83 bits per heavy atom. The largest absolute Gasteiger partial charge is 0.320 e. The van der Waals surface area contributed by atoms with E-state index in [-0.39, 0.29) is 0 Å². The van der Waals surface area contributed by atoms with Crippen LogP contribution in [0.1, 0.15) is 6.42 Å². The third-order valence-electron chi connectivity index (χ3n) is 1.49. The van der Waals surface area contributed by atoms with Crippen molar-refractivity contribution in [3.63, 3.8) is 0 Å². The summed E-state index contributed by atoms with van der Waals surface area (Å²) in [6.07, 6.45) is 4.88. The van der Waals surface area contributed by atoms with Crippen molar-refractivity contribution in [2.45, 2.75) is 11.3 Å². The lowest BCUT2D eigenvalue weighted by molar-refractivity contribution is 0.778. The molecule has 3 heteroatoms. The molecule has 1 aromatic heterocycles. The molecular formula is C9H14N2S. The van der Waals surface area contributed by atoms with Crippen molar-refractivity contribution in [1.82, 2.24) is 10.3 Å². The summed E-state index contributed by atoms with van der Waals surface area (Å²) >= 11 is 1.88. The number of nitrogens with zero attached hydrogens (tertiary/aromatic N) is 1. The maximum Gasteiger partial charge on any atom is 0.0278 e. The van der Waals surface area contributed by atoms with Crippen LogP contribution in [0.3, 0.4) is 0 Å². The number of aromatic nitrogens is 1. The fraction of sp³-hybridized carbons (Fsp3) is 0.444. The minimum absolute atomic E-state index is 1.10. The number of pyridine rings is 1. The molecule has 0 unspecified atom stereocenters. The van der Waals surface area contributed by atoms with E-state index < -0.39 is 0 Å². The van der Waals surface area contributed by atoms with Gasteiger partial charge in [-0.15, -0.1) is 11.8 Å². The molecule has 12 heavy (non-hydrogen) atoms. The Hall–Kier alpha value is -0.540. The molecule has 1 heterocycles. The molecule has 0 aromatic carbocycles. The molecule has 1 N–H and O–H groups in total. The van der Waals surface area contributed by atoms with E-state index in [1.807, 2.05) is 43.3 Å². The van der Waals surface area contributed by atoms with Gasteiger partial charge in [-0.25, -0.2) is 0 Å². The fourth-order valence-corrected chi connectivity index (χ4v) is 1.71. The van der Waals surface area contributed by atoms with Crippen LogP contribution in [0, 0.1) is 0 Å². The molecule has 1 aromatic rings. The SMILES string of the molecule is CNCCCSc1ccncc1. The molecule has 1 rings (SSSR count). The van der Waals surface area contributed by atoms with Crippen molar-refractivity contribution in [2.24, 2.45) is 0 Å². The van der Waals surface area contributed by atoms with Gasteiger partial charge in [0, 0.05) is 17.3 Å². The standard InChI is InChI=1S/C9H14N2S/c1-10-5-2-8-12-9-3-6-11-7-4-9/h3-4,6-7,10H,2,5,8H2,1H3. The van der Waals surface area contributed by atoms with Crippen molar-refractivity contribution >= 4 is 11.8 Å². The van der Waals surface area contributed by atoms with E-state index in [0.717, 1.165) is 6.54 Å². The van der Waals surface area contributed by atoms with E-state index in [9.17, 15) is 0 Å². The van der Waals surface area contributed by atoms with Crippen LogP contribution >= 0.6 is 11.8 Å². The van der Waals surface area contributed by atoms with Gasteiger partial charge in [-0.2, -0.15) is 0 Å². The van der Waals surface area contributed by atoms with Crippen molar-refractivity contribution in [3.05, 3.63) is 24.5 Å². The highest BCUT2D eigenvalue weighted by Crippen LogP contribution is 2.16. The molecule has 0 aliphatic carbocycles. The van der Waals surface area contributed by atoms with Gasteiger partial charge in [0.05, 0.1) is 0 Å². The molecule has 0 amide bonds. The van der Waals surface area contributed by atoms with Crippen molar-refractivity contribution in [1.29, 1.82) is 0 Å². The summed E-state index contributed by atoms with van der Waals surface area (Å²) in [7, 11) is 1.98. The molecule has 2 nitrogen and oxygen atoms in total. The second-order valence-electron chi connectivity index (χ2n) is 2.49. The second kappa shape index (κ2) is 6.03. The highest BCUT2D eigenvalue weighted by Gasteiger charge is 1.91. The van der Waals surface area contributed by atoms with E-state index >= 15 is 0 Å². The topological polar surface area (TPSA) is 24.9 Å². The van der Waals surface area contributed by atoms with Crippen LogP contribution in [-0.2, 0) is 0 Å². The Balaban J connectivity index is 2.16. The average molecular weight is 182 g/mol. The molecule has 0 bridgehead atoms. The summed E-state index contributed by atoms with van der Waals surface area (Å²) < 4.78 is 0. The molecule has 0 atom stereocenters. The van der Waals surface area contributed by atoms with Gasteiger partial charge in [0.25, 0.3) is 0 Å². The van der Waals surface area contributed by atoms with Gasteiger partial charge < -0.3 is 5.32 Å². The van der Waals surface area contributed by atoms with Crippen LogP contribution in [-0.4, -0.2) is 24.3 Å². The van der Waals surface area contributed by atoms with Crippen LogP contribution in [0.15, 0.2) is 29.4 Å². The number of nitrogens with one attached hydrogen (secondary N) is 1. The monoisotopic (exact) mass is 182 g/mol. The molecule has 0 saturated heterocycles. The fourth-order valence-electron chi connectivity index (χ4n) is 0.873. The van der Waals surface area contributed by atoms with E-state index in [4.69, 9.17) is 0 Å². The highest BCUT2D eigenvalue weighted by molar-refractivity contribution is 7.99. The van der Waals surface area contributed by atoms with Crippen LogP contribution < -0.4 is 5.32 Å². The Kier molecular flexibility index (Phi) is 4.80. The van der Waals surface area contributed by atoms with Crippen molar-refractivity contribution < 1.29 is 0 Å². The minimum Gasteiger partial charge on any atom is -0.320 e. The zero-order chi connectivity index (χ0) is 8.65. The Bertz CT molecular complexity index is 201. The third kappa shape index (κ3) is 3.74. The molecular weight excluding hydrogens is 168 g/mol. The van der Waals surface area contributed by atoms with Gasteiger partial charge in [-0.05, 0) is 37.9 Å². The Labute approximate surface area is 77.8 Å². The molecule has 0 saturated carbocycles. The number of thioether (sulfide) groups is 1. The Morgan fingerprint density at radius 2 is 2.17 bits per heavy atom. The first kappa shape index (κ1) is 9.55. The smallest absolute Gasteiger partial charge is 0.0278 e. The molecule has 0 aliphatic heterocycles. The molecule has 0 radical (unpaired) electrons. The lowest BCUT2D eigenvalue weighted by Gasteiger charge is -1.99. The van der Waals surface area contributed by atoms with Gasteiger partial charge in [0.15, 0.2) is 0 Å². The van der Waals surface area contributed by atoms with E-state index in [1.165, 1.54) is 17.1 Å². The normalized spacial score (nSPS) is 10.1. The van der Waals surface area contributed by atoms with E-state index in [0.29, 0.717) is 0 Å². The summed E-state index contributed by atoms with van der Waals surface area (Å²) in [5.74, 6) is 1.17. The van der Waals surface area contributed by atoms with Crippen molar-refractivity contribution in [2.75, 3.05) is 19.3 Å². The maximum absolute atomic E-state index is 3.96. The summed E-state index contributed by atoms with van der Waals surface area (Å²) in [4.78, 5) is 5.27. The van der Waals surface area contributed by atoms with Crippen LogP contribution in [0.5, 0.6) is 0 Å². The average Bonchev–Trinajstić information content (AvgIpc) is 2.14. The Morgan fingerprint density at radius 1 is 1.42 bits per heavy atom. The minimum atomic E-state index is 1.10. The summed E-state index contributed by atoms with van der Waals surface area (Å²) in [6, 6.07) is 4.09. The summed E-state index contributed by atoms with van der Waals surface area (Å²) in [5, 5.41) is 3.13. The lowest BCUT2D eigenvalue weighted by atomic mass is 10.5. The quantitative estimate of drug-likeness (QED) is 0.555. The first-order valence-electron chi connectivity index (χ1n) is 4.11. The number of hydrogen-bond acceptors (Lipinski definition) is 3. The molecule has 0 fully saturated rings. The molecule has 66 valence electrons. The summed E-state index contributed by atoms with van der Waals surface area (Å²) in [5.41, 5.74) is 0. The van der Waals surface area contributed by atoms with Crippen LogP contribution in [0.4, 0.5) is 0 Å². The van der Waals surface area contributed by atoms with Gasteiger partial charge >= 0.3 is 0 Å². The first-order valence-corrected chi connectivity index (χ1v) is 5.09. The van der Waals surface area contributed by atoms with E-state index in [2.05, 4.69) is 10.3 Å². The summed E-state index contributed by atoms with van der Waals surface area (Å²) in [6.45, 7) is 1.10. The maximum atomic E-state index is 3.96.